The molecule has 12 nitrogen and oxygen atoms in total. The number of amides is 1. The summed E-state index contributed by atoms with van der Waals surface area (Å²) in [6.07, 6.45) is 6.33. The molecule has 6 fully saturated rings. The van der Waals surface area contributed by atoms with Crippen LogP contribution in [0.3, 0.4) is 0 Å². The van der Waals surface area contributed by atoms with Gasteiger partial charge < -0.3 is 39.6 Å². The molecule has 1 amide bonds. The third-order valence-electron chi connectivity index (χ3n) is 15.1. The molecule has 4 aliphatic carbocycles. The summed E-state index contributed by atoms with van der Waals surface area (Å²) in [6, 6.07) is 4.12. The van der Waals surface area contributed by atoms with Crippen molar-refractivity contribution in [3.63, 3.8) is 0 Å². The summed E-state index contributed by atoms with van der Waals surface area (Å²) >= 11 is 0. The molecule has 4 N–H and O–H groups in total. The number of non-ortho nitro benzene ring substituents is 1. The van der Waals surface area contributed by atoms with E-state index in [-0.39, 0.29) is 34.3 Å². The van der Waals surface area contributed by atoms with E-state index in [1.807, 2.05) is 0 Å². The fourth-order valence-electron chi connectivity index (χ4n) is 12.3. The highest BCUT2D eigenvalue weighted by Crippen LogP contribution is 2.70. The van der Waals surface area contributed by atoms with Crippen LogP contribution in [-0.4, -0.2) is 88.0 Å². The van der Waals surface area contributed by atoms with Gasteiger partial charge in [0.25, 0.3) is 11.6 Å². The van der Waals surface area contributed by atoms with E-state index in [2.05, 4.69) is 39.1 Å². The van der Waals surface area contributed by atoms with Gasteiger partial charge in [-0.05, 0) is 97.9 Å². The highest BCUT2D eigenvalue weighted by Gasteiger charge is 2.68. The number of nitrogens with zero attached hydrogens (tertiary/aromatic N) is 1. The number of aliphatic hydroxyl groups is 3. The molecular weight excluding hydrogens is 668 g/mol. The first-order chi connectivity index (χ1) is 24.8. The summed E-state index contributed by atoms with van der Waals surface area (Å²) < 4.78 is 26.0. The number of carbonyl (C=O) groups is 1. The van der Waals surface area contributed by atoms with Gasteiger partial charge in [-0.2, -0.15) is 0 Å². The maximum atomic E-state index is 13.3. The minimum atomic E-state index is -1.50. The number of hydrogen-bond acceptors (Lipinski definition) is 10. The highest BCUT2D eigenvalue weighted by atomic mass is 16.7. The van der Waals surface area contributed by atoms with Gasteiger partial charge in [-0.3, -0.25) is 14.9 Å². The van der Waals surface area contributed by atoms with Gasteiger partial charge in [0.1, 0.15) is 24.4 Å². The average Bonchev–Trinajstić information content (AvgIpc) is 3.58. The zero-order valence-electron chi connectivity index (χ0n) is 30.8. The molecule has 8 rings (SSSR count). The van der Waals surface area contributed by atoms with Crippen molar-refractivity contribution in [1.82, 2.24) is 5.32 Å². The van der Waals surface area contributed by atoms with Crippen LogP contribution in [0, 0.1) is 56.5 Å². The van der Waals surface area contributed by atoms with Gasteiger partial charge in [-0.1, -0.05) is 45.4 Å². The predicted octanol–water partition coefficient (Wildman–Crippen LogP) is 4.88. The van der Waals surface area contributed by atoms with Crippen molar-refractivity contribution in [2.45, 2.75) is 134 Å². The van der Waals surface area contributed by atoms with Crippen LogP contribution in [0.25, 0.3) is 0 Å². The number of benzene rings is 1. The fourth-order valence-corrected chi connectivity index (χ4v) is 12.3. The Kier molecular flexibility index (Phi) is 9.40. The molecule has 3 heterocycles. The van der Waals surface area contributed by atoms with Crippen LogP contribution < -0.4 is 5.32 Å². The normalized spacial score (nSPS) is 48.2. The number of aliphatic hydroxyl groups excluding tert-OH is 3. The highest BCUT2D eigenvalue weighted by molar-refractivity contribution is 5.95. The van der Waals surface area contributed by atoms with Gasteiger partial charge in [0.2, 0.25) is 0 Å². The first-order valence-electron chi connectivity index (χ1n) is 19.6. The number of nitrogens with one attached hydrogen (secondary N) is 1. The number of fused-ring (bicyclic) bond motifs is 7. The van der Waals surface area contributed by atoms with Gasteiger partial charge in [0.05, 0.1) is 30.3 Å². The van der Waals surface area contributed by atoms with E-state index in [1.54, 1.807) is 0 Å². The number of ether oxygens (including phenoxy) is 4. The Morgan fingerprint density at radius 1 is 1.10 bits per heavy atom. The van der Waals surface area contributed by atoms with Crippen LogP contribution in [-0.2, 0) is 18.9 Å². The minimum Gasteiger partial charge on any atom is -0.394 e. The Hall–Kier alpha value is -2.45. The van der Waals surface area contributed by atoms with Crippen LogP contribution in [0.2, 0.25) is 0 Å². The van der Waals surface area contributed by atoms with E-state index in [0.717, 1.165) is 44.8 Å². The summed E-state index contributed by atoms with van der Waals surface area (Å²) in [4.78, 5) is 24.0. The number of allylic oxidation sites excluding steroid dienone is 1. The summed E-state index contributed by atoms with van der Waals surface area (Å²) in [5.74, 6) is 2.21. The molecule has 0 radical (unpaired) electrons. The standard InChI is InChI=1S/C40H56N2O10/c1-21-10-15-40(49-20-21)22(2)32-30(52-40)18-29-27-9-8-24-17-26(11-13-38(24,3)28(27)12-14-39(29,32)4)50-37-33(35(45)34(44)31(19-43)51-37)41-36(46)23-6-5-7-25(16-23)42(47)48/h5-8,16,21-22,26-35,37,43-45H,9-15,17-20H2,1-4H3,(H,41,46)/t21-,22-,26+,27-,28+,29+,30+,31-,32+,33-,34-,35-,37-,38+,39+,40?/m1/s1. The molecule has 1 unspecified atom stereocenters. The number of hydrogen-bond donors (Lipinski definition) is 4. The molecule has 7 aliphatic rings. The van der Waals surface area contributed by atoms with Crippen LogP contribution in [0.5, 0.6) is 0 Å². The topological polar surface area (TPSA) is 170 Å². The number of nitro benzene ring substituents is 1. The average molecular weight is 725 g/mol. The van der Waals surface area contributed by atoms with Gasteiger partial charge in [0, 0.05) is 30.0 Å². The van der Waals surface area contributed by atoms with Crippen LogP contribution in [0.1, 0.15) is 95.8 Å². The zero-order chi connectivity index (χ0) is 36.7. The lowest BCUT2D eigenvalue weighted by Gasteiger charge is -2.58. The molecule has 3 saturated carbocycles. The van der Waals surface area contributed by atoms with E-state index in [0.29, 0.717) is 41.9 Å². The van der Waals surface area contributed by atoms with E-state index >= 15 is 0 Å². The molecule has 1 spiro atoms. The van der Waals surface area contributed by atoms with Crippen molar-refractivity contribution < 1.29 is 44.0 Å². The van der Waals surface area contributed by atoms with Crippen molar-refractivity contribution in [3.8, 4) is 0 Å². The molecule has 16 atom stereocenters. The second-order valence-electron chi connectivity index (χ2n) is 17.8. The number of nitro groups is 1. The molecular formula is C40H56N2O10. The lowest BCUT2D eigenvalue weighted by molar-refractivity contribution is -0.384. The van der Waals surface area contributed by atoms with Gasteiger partial charge in [-0.15, -0.1) is 0 Å². The molecule has 52 heavy (non-hydrogen) atoms. The maximum Gasteiger partial charge on any atom is 0.270 e. The molecule has 286 valence electrons. The van der Waals surface area contributed by atoms with Crippen molar-refractivity contribution in [3.05, 3.63) is 51.6 Å². The Labute approximate surface area is 305 Å². The number of rotatable bonds is 6. The summed E-state index contributed by atoms with van der Waals surface area (Å²) in [5, 5.41) is 45.7. The lowest BCUT2D eigenvalue weighted by atomic mass is 9.47. The SMILES string of the molecule is C[C@@H]1CCC2(OC1)O[C@H]1C[C@H]3[C@@H]4CC=C5C[C@@H](O[C@@H]6O[C@H](CO)[C@@H](O)[C@H](O)[C@H]6NC(=O)c6cccc([N+](=O)[O-])c6)CC[C@]5(C)[C@H]4CC[C@]3(C)[C@H]1[C@H]2C. The Morgan fingerprint density at radius 3 is 2.63 bits per heavy atom. The molecule has 0 bridgehead atoms. The summed E-state index contributed by atoms with van der Waals surface area (Å²) in [6.45, 7) is 9.90. The van der Waals surface area contributed by atoms with Gasteiger partial charge >= 0.3 is 0 Å². The monoisotopic (exact) mass is 724 g/mol. The van der Waals surface area contributed by atoms with Gasteiger partial charge in [0.15, 0.2) is 12.1 Å². The first-order valence-corrected chi connectivity index (χ1v) is 19.6. The molecule has 3 saturated heterocycles. The van der Waals surface area contributed by atoms with Crippen LogP contribution in [0.15, 0.2) is 35.9 Å². The molecule has 12 heteroatoms. The largest absolute Gasteiger partial charge is 0.394 e. The Morgan fingerprint density at radius 2 is 1.90 bits per heavy atom. The van der Waals surface area contributed by atoms with E-state index in [4.69, 9.17) is 18.9 Å². The molecule has 1 aromatic carbocycles. The quantitative estimate of drug-likeness (QED) is 0.180. The molecule has 3 aliphatic heterocycles. The van der Waals surface area contributed by atoms with Crippen LogP contribution >= 0.6 is 0 Å². The lowest BCUT2D eigenvalue weighted by Crippen LogP contribution is -2.65. The Bertz CT molecular complexity index is 1580. The fraction of sp³-hybridized carbons (Fsp3) is 0.775. The first kappa shape index (κ1) is 36.5. The second-order valence-corrected chi connectivity index (χ2v) is 17.8. The van der Waals surface area contributed by atoms with E-state index < -0.39 is 53.9 Å². The third kappa shape index (κ3) is 5.78. The number of carbonyl (C=O) groups excluding carboxylic acids is 1. The predicted molar refractivity (Wildman–Crippen MR) is 189 cm³/mol. The smallest absolute Gasteiger partial charge is 0.270 e. The third-order valence-corrected chi connectivity index (χ3v) is 15.1. The van der Waals surface area contributed by atoms with Crippen molar-refractivity contribution in [2.75, 3.05) is 13.2 Å². The minimum absolute atomic E-state index is 0.0289. The van der Waals surface area contributed by atoms with Crippen LogP contribution in [0.4, 0.5) is 5.69 Å². The van der Waals surface area contributed by atoms with Gasteiger partial charge in [-0.25, -0.2) is 0 Å². The molecule has 1 aromatic rings. The summed E-state index contributed by atoms with van der Waals surface area (Å²) in [7, 11) is 0. The molecule has 0 aromatic heterocycles. The summed E-state index contributed by atoms with van der Waals surface area (Å²) in [5.41, 5.74) is 1.46. The van der Waals surface area contributed by atoms with E-state index in [9.17, 15) is 30.2 Å². The maximum absolute atomic E-state index is 13.3. The Balaban J connectivity index is 0.967. The van der Waals surface area contributed by atoms with Crippen molar-refractivity contribution >= 4 is 11.6 Å². The van der Waals surface area contributed by atoms with Crippen molar-refractivity contribution in [1.29, 1.82) is 0 Å². The van der Waals surface area contributed by atoms with Crippen molar-refractivity contribution in [2.24, 2.45) is 46.3 Å². The zero-order valence-corrected chi connectivity index (χ0v) is 30.8. The van der Waals surface area contributed by atoms with E-state index in [1.165, 1.54) is 43.0 Å². The second kappa shape index (κ2) is 13.4.